The average Bonchev–Trinajstić information content (AvgIpc) is 3.04. The van der Waals surface area contributed by atoms with Crippen LogP contribution >= 0.6 is 12.2 Å². The summed E-state index contributed by atoms with van der Waals surface area (Å²) in [5.41, 5.74) is 3.40. The lowest BCUT2D eigenvalue weighted by Gasteiger charge is -2.14. The van der Waals surface area contributed by atoms with E-state index < -0.39 is 0 Å². The summed E-state index contributed by atoms with van der Waals surface area (Å²) >= 11 is 5.50. The van der Waals surface area contributed by atoms with Crippen LogP contribution in [0.15, 0.2) is 42.5 Å². The van der Waals surface area contributed by atoms with Crippen molar-refractivity contribution in [2.24, 2.45) is 0 Å². The highest BCUT2D eigenvalue weighted by Crippen LogP contribution is 2.29. The molecule has 142 valence electrons. The molecule has 6 heteroatoms. The highest BCUT2D eigenvalue weighted by Gasteiger charge is 2.13. The molecule has 1 heterocycles. The summed E-state index contributed by atoms with van der Waals surface area (Å²) in [6.45, 7) is 7.27. The first-order valence-electron chi connectivity index (χ1n) is 9.31. The van der Waals surface area contributed by atoms with E-state index in [0.717, 1.165) is 35.0 Å². The van der Waals surface area contributed by atoms with Crippen LogP contribution in [0.4, 0.5) is 0 Å². The van der Waals surface area contributed by atoms with Gasteiger partial charge in [-0.15, -0.1) is 0 Å². The lowest BCUT2D eigenvalue weighted by molar-refractivity contribution is 0.287. The molecule has 0 saturated carbocycles. The van der Waals surface area contributed by atoms with Gasteiger partial charge in [-0.05, 0) is 61.8 Å². The van der Waals surface area contributed by atoms with Gasteiger partial charge in [0, 0.05) is 6.42 Å². The van der Waals surface area contributed by atoms with Crippen LogP contribution in [-0.4, -0.2) is 28.0 Å². The molecule has 1 N–H and O–H groups in total. The van der Waals surface area contributed by atoms with Crippen molar-refractivity contribution in [3.63, 3.8) is 0 Å². The first-order valence-corrected chi connectivity index (χ1v) is 9.71. The van der Waals surface area contributed by atoms with Gasteiger partial charge in [-0.2, -0.15) is 5.10 Å². The van der Waals surface area contributed by atoms with Crippen molar-refractivity contribution in [1.82, 2.24) is 14.8 Å². The Hall–Kier alpha value is -2.60. The van der Waals surface area contributed by atoms with Crippen molar-refractivity contribution in [2.75, 3.05) is 13.2 Å². The van der Waals surface area contributed by atoms with Gasteiger partial charge in [0.2, 0.25) is 0 Å². The van der Waals surface area contributed by atoms with Crippen LogP contribution < -0.4 is 9.47 Å². The fourth-order valence-corrected chi connectivity index (χ4v) is 3.36. The summed E-state index contributed by atoms with van der Waals surface area (Å²) in [7, 11) is 0. The minimum atomic E-state index is 0.589. The Morgan fingerprint density at radius 2 is 1.74 bits per heavy atom. The number of aromatic amines is 1. The van der Waals surface area contributed by atoms with Crippen molar-refractivity contribution in [3.8, 4) is 17.2 Å². The molecule has 5 nitrogen and oxygen atoms in total. The van der Waals surface area contributed by atoms with Crippen molar-refractivity contribution >= 4 is 12.2 Å². The van der Waals surface area contributed by atoms with Gasteiger partial charge in [0.05, 0.1) is 18.9 Å². The summed E-state index contributed by atoms with van der Waals surface area (Å²) in [6, 6.07) is 14.3. The summed E-state index contributed by atoms with van der Waals surface area (Å²) in [4.78, 5) is 0. The van der Waals surface area contributed by atoms with Gasteiger partial charge in [0.1, 0.15) is 5.82 Å². The number of nitrogens with zero attached hydrogens (tertiary/aromatic N) is 2. The molecule has 0 amide bonds. The summed E-state index contributed by atoms with van der Waals surface area (Å²) in [6.07, 6.45) is 1.57. The van der Waals surface area contributed by atoms with Crippen LogP contribution in [0, 0.1) is 4.77 Å². The maximum atomic E-state index is 5.74. The molecule has 2 aromatic carbocycles. The van der Waals surface area contributed by atoms with Crippen LogP contribution in [0.5, 0.6) is 11.5 Å². The number of ether oxygens (including phenoxy) is 2. The minimum Gasteiger partial charge on any atom is -0.490 e. The Bertz CT molecular complexity index is 962. The van der Waals surface area contributed by atoms with Gasteiger partial charge < -0.3 is 9.47 Å². The van der Waals surface area contributed by atoms with E-state index in [0.29, 0.717) is 24.4 Å². The Morgan fingerprint density at radius 1 is 1.00 bits per heavy atom. The lowest BCUT2D eigenvalue weighted by Crippen LogP contribution is -2.06. The van der Waals surface area contributed by atoms with Gasteiger partial charge in [-0.3, -0.25) is 9.67 Å². The predicted octanol–water partition coefficient (Wildman–Crippen LogP) is 4.88. The number of H-pyrrole nitrogens is 1. The van der Waals surface area contributed by atoms with E-state index in [2.05, 4.69) is 29.3 Å². The van der Waals surface area contributed by atoms with E-state index in [1.165, 1.54) is 5.56 Å². The zero-order chi connectivity index (χ0) is 19.2. The molecule has 0 spiro atoms. The van der Waals surface area contributed by atoms with Crippen LogP contribution in [-0.2, 0) is 12.8 Å². The van der Waals surface area contributed by atoms with Gasteiger partial charge in [0.15, 0.2) is 16.3 Å². The zero-order valence-corrected chi connectivity index (χ0v) is 16.8. The number of rotatable bonds is 8. The van der Waals surface area contributed by atoms with Gasteiger partial charge in [-0.1, -0.05) is 31.2 Å². The van der Waals surface area contributed by atoms with Gasteiger partial charge in [-0.25, -0.2) is 0 Å². The number of nitrogens with one attached hydrogen (secondary N) is 1. The van der Waals surface area contributed by atoms with E-state index in [1.807, 2.05) is 48.7 Å². The second kappa shape index (κ2) is 8.86. The number of aromatic nitrogens is 3. The molecule has 0 saturated heterocycles. The lowest BCUT2D eigenvalue weighted by atomic mass is 10.1. The van der Waals surface area contributed by atoms with E-state index in [-0.39, 0.29) is 0 Å². The normalized spacial score (nSPS) is 10.8. The summed E-state index contributed by atoms with van der Waals surface area (Å²) in [5.74, 6) is 2.39. The van der Waals surface area contributed by atoms with Crippen LogP contribution in [0.2, 0.25) is 0 Å². The van der Waals surface area contributed by atoms with E-state index in [1.54, 1.807) is 0 Å². The molecule has 0 fully saturated rings. The Balaban J connectivity index is 1.98. The Kier molecular flexibility index (Phi) is 6.29. The van der Waals surface area contributed by atoms with Crippen LogP contribution in [0.1, 0.15) is 37.7 Å². The van der Waals surface area contributed by atoms with Gasteiger partial charge in [0.25, 0.3) is 0 Å². The number of hydrogen-bond acceptors (Lipinski definition) is 4. The minimum absolute atomic E-state index is 0.589. The summed E-state index contributed by atoms with van der Waals surface area (Å²) in [5, 5.41) is 7.41. The van der Waals surface area contributed by atoms with E-state index in [9.17, 15) is 0 Å². The first kappa shape index (κ1) is 19.2. The molecule has 0 aliphatic rings. The standard InChI is InChI=1S/C21H25N3O2S/c1-4-16-9-7-8-10-17(16)24-20(22-23-21(24)27)14-15-11-12-18(25-5-2)19(13-15)26-6-3/h7-13H,4-6,14H2,1-3H3,(H,23,27). The number of benzene rings is 2. The van der Waals surface area contributed by atoms with Crippen molar-refractivity contribution < 1.29 is 9.47 Å². The first-order chi connectivity index (χ1) is 13.2. The SMILES string of the molecule is CCOc1ccc(Cc2n[nH]c(=S)n2-c2ccccc2CC)cc1OCC. The second-order valence-electron chi connectivity index (χ2n) is 6.09. The highest BCUT2D eigenvalue weighted by molar-refractivity contribution is 7.71. The van der Waals surface area contributed by atoms with Gasteiger partial charge >= 0.3 is 0 Å². The number of hydrogen-bond donors (Lipinski definition) is 1. The summed E-state index contributed by atoms with van der Waals surface area (Å²) < 4.78 is 14.0. The maximum absolute atomic E-state index is 5.74. The topological polar surface area (TPSA) is 52.1 Å². The molecule has 27 heavy (non-hydrogen) atoms. The molecule has 0 bridgehead atoms. The van der Waals surface area contributed by atoms with Crippen molar-refractivity contribution in [3.05, 3.63) is 64.2 Å². The molecule has 1 aromatic heterocycles. The largest absolute Gasteiger partial charge is 0.490 e. The smallest absolute Gasteiger partial charge is 0.199 e. The monoisotopic (exact) mass is 383 g/mol. The fraction of sp³-hybridized carbons (Fsp3) is 0.333. The number of aryl methyl sites for hydroxylation is 1. The number of para-hydroxylation sites is 1. The van der Waals surface area contributed by atoms with E-state index >= 15 is 0 Å². The molecule has 3 rings (SSSR count). The fourth-order valence-electron chi connectivity index (χ4n) is 3.11. The van der Waals surface area contributed by atoms with E-state index in [4.69, 9.17) is 21.7 Å². The average molecular weight is 384 g/mol. The second-order valence-corrected chi connectivity index (χ2v) is 6.47. The molecule has 0 unspecified atom stereocenters. The highest BCUT2D eigenvalue weighted by atomic mass is 32.1. The Morgan fingerprint density at radius 3 is 2.48 bits per heavy atom. The quantitative estimate of drug-likeness (QED) is 0.563. The molecular formula is C21H25N3O2S. The molecule has 0 atom stereocenters. The van der Waals surface area contributed by atoms with Crippen molar-refractivity contribution in [1.29, 1.82) is 0 Å². The predicted molar refractivity (Wildman–Crippen MR) is 110 cm³/mol. The maximum Gasteiger partial charge on any atom is 0.199 e. The molecular weight excluding hydrogens is 358 g/mol. The van der Waals surface area contributed by atoms with Crippen LogP contribution in [0.25, 0.3) is 5.69 Å². The zero-order valence-electron chi connectivity index (χ0n) is 16.0. The molecule has 0 radical (unpaired) electrons. The third kappa shape index (κ3) is 4.22. The third-order valence-corrected chi connectivity index (χ3v) is 4.60. The Labute approximate surface area is 165 Å². The molecule has 3 aromatic rings. The molecule has 0 aliphatic heterocycles. The van der Waals surface area contributed by atoms with Crippen molar-refractivity contribution in [2.45, 2.75) is 33.6 Å². The van der Waals surface area contributed by atoms with Crippen LogP contribution in [0.3, 0.4) is 0 Å². The third-order valence-electron chi connectivity index (χ3n) is 4.33. The molecule has 0 aliphatic carbocycles.